The number of benzene rings is 1. The predicted octanol–water partition coefficient (Wildman–Crippen LogP) is 2.48. The van der Waals surface area contributed by atoms with Crippen LogP contribution in [0.3, 0.4) is 0 Å². The minimum atomic E-state index is -5.60. The summed E-state index contributed by atoms with van der Waals surface area (Å²) < 4.78 is 79.9. The molecule has 1 nitrogen and oxygen atoms in total. The van der Waals surface area contributed by atoms with Crippen LogP contribution in [0.25, 0.3) is 0 Å². The summed E-state index contributed by atoms with van der Waals surface area (Å²) in [6.45, 7) is 0. The molecule has 1 radical (unpaired) electrons. The first-order valence-electron chi connectivity index (χ1n) is 4.73. The van der Waals surface area contributed by atoms with E-state index in [4.69, 9.17) is 0 Å². The van der Waals surface area contributed by atoms with E-state index in [-0.39, 0.29) is 12.7 Å². The fourth-order valence-corrected chi connectivity index (χ4v) is 1.40. The summed E-state index contributed by atoms with van der Waals surface area (Å²) in [6, 6.07) is 6.40. The first-order valence-corrected chi connectivity index (χ1v) is 4.73. The number of hydrogen-bond donors (Lipinski definition) is 0. The van der Waals surface area contributed by atoms with Crippen molar-refractivity contribution in [2.45, 2.75) is 17.9 Å². The van der Waals surface area contributed by atoms with Crippen LogP contribution >= 0.6 is 0 Å². The van der Waals surface area contributed by atoms with Crippen LogP contribution in [-0.2, 0) is 4.74 Å². The molecule has 1 rings (SSSR count). The number of methoxy groups -OCH3 is 1. The zero-order valence-corrected chi connectivity index (χ0v) is 9.14. The minimum absolute atomic E-state index is 0.0208. The Morgan fingerprint density at radius 1 is 0.889 bits per heavy atom. The van der Waals surface area contributed by atoms with Gasteiger partial charge < -0.3 is 4.74 Å². The summed E-state index contributed by atoms with van der Waals surface area (Å²) in [6.07, 6.45) is -11.2. The summed E-state index contributed by atoms with van der Waals surface area (Å²) >= 11 is 0. The van der Waals surface area contributed by atoms with E-state index in [1.165, 1.54) is 18.2 Å². The molecule has 99 valence electrons. The van der Waals surface area contributed by atoms with Gasteiger partial charge in [-0.3, -0.25) is 0 Å². The third-order valence-corrected chi connectivity index (χ3v) is 2.33. The average molecular weight is 269 g/mol. The van der Waals surface area contributed by atoms with Crippen LogP contribution in [-0.4, -0.2) is 32.2 Å². The summed E-state index contributed by atoms with van der Waals surface area (Å²) in [5.74, 6) is 0. The Hall–Kier alpha value is -1.18. The molecule has 0 N–H and O–H groups in total. The smallest absolute Gasteiger partial charge is 0.369 e. The highest BCUT2D eigenvalue weighted by Crippen LogP contribution is 2.44. The molecule has 8 heteroatoms. The summed E-state index contributed by atoms with van der Waals surface area (Å²) in [5.41, 5.74) is -4.53. The molecule has 0 bridgehead atoms. The Bertz CT molecular complexity index is 372. The molecular weight excluding hydrogens is 261 g/mol. The first-order chi connectivity index (χ1) is 8.14. The van der Waals surface area contributed by atoms with Gasteiger partial charge in [0.15, 0.2) is 0 Å². The molecule has 0 saturated carbocycles. The molecule has 0 spiro atoms. The Morgan fingerprint density at radius 3 is 1.67 bits per heavy atom. The monoisotopic (exact) mass is 269 g/mol. The fraction of sp³-hybridized carbons (Fsp3) is 0.400. The molecule has 0 aromatic heterocycles. The van der Waals surface area contributed by atoms with Gasteiger partial charge in [-0.15, -0.1) is 0 Å². The maximum Gasteiger partial charge on any atom is 0.418 e. The molecule has 0 aliphatic carbocycles. The van der Waals surface area contributed by atoms with E-state index in [0.29, 0.717) is 7.11 Å². The number of hydrogen-bond acceptors (Lipinski definition) is 1. The van der Waals surface area contributed by atoms with Crippen LogP contribution in [0.5, 0.6) is 0 Å². The highest BCUT2D eigenvalue weighted by atomic mass is 19.4. The van der Waals surface area contributed by atoms with Crippen LogP contribution < -0.4 is 5.46 Å². The molecule has 1 aromatic carbocycles. The third-order valence-electron chi connectivity index (χ3n) is 2.33. The second-order valence-electron chi connectivity index (χ2n) is 3.49. The lowest BCUT2D eigenvalue weighted by Crippen LogP contribution is -2.65. The lowest BCUT2D eigenvalue weighted by Gasteiger charge is -2.35. The van der Waals surface area contributed by atoms with Crippen LogP contribution in [0.1, 0.15) is 0 Å². The van der Waals surface area contributed by atoms with Crippen molar-refractivity contribution in [3.8, 4) is 0 Å². The summed E-state index contributed by atoms with van der Waals surface area (Å²) in [4.78, 5) is 0. The molecule has 0 aliphatic heterocycles. The van der Waals surface area contributed by atoms with Crippen molar-refractivity contribution < 1.29 is 31.1 Å². The van der Waals surface area contributed by atoms with E-state index in [9.17, 15) is 26.3 Å². The molecule has 0 saturated heterocycles. The van der Waals surface area contributed by atoms with Crippen molar-refractivity contribution in [2.24, 2.45) is 0 Å². The van der Waals surface area contributed by atoms with E-state index < -0.39 is 17.9 Å². The molecule has 0 unspecified atom stereocenters. The Labute approximate surface area is 100.0 Å². The standard InChI is InChI=1S/C10H8BF6O/c1-18-8(9(12,13)14,10(15,16)17)11-7-5-3-2-4-6-7/h2-6H,1H3. The van der Waals surface area contributed by atoms with Crippen molar-refractivity contribution in [1.82, 2.24) is 0 Å². The molecule has 1 aromatic rings. The second kappa shape index (κ2) is 4.83. The number of rotatable bonds is 3. The van der Waals surface area contributed by atoms with Gasteiger partial charge in [-0.2, -0.15) is 26.3 Å². The van der Waals surface area contributed by atoms with E-state index in [1.54, 1.807) is 0 Å². The SMILES string of the molecule is COC([B]c1ccccc1)(C(F)(F)F)C(F)(F)F. The van der Waals surface area contributed by atoms with Gasteiger partial charge in [-0.1, -0.05) is 35.8 Å². The van der Waals surface area contributed by atoms with Crippen molar-refractivity contribution in [2.75, 3.05) is 7.11 Å². The highest BCUT2D eigenvalue weighted by molar-refractivity contribution is 6.57. The van der Waals surface area contributed by atoms with E-state index in [0.717, 1.165) is 12.1 Å². The molecule has 0 aliphatic rings. The molecule has 18 heavy (non-hydrogen) atoms. The van der Waals surface area contributed by atoms with E-state index >= 15 is 0 Å². The van der Waals surface area contributed by atoms with Gasteiger partial charge in [-0.25, -0.2) is 0 Å². The molecular formula is C10H8BF6O. The Balaban J connectivity index is 3.21. The topological polar surface area (TPSA) is 9.23 Å². The summed E-state index contributed by atoms with van der Waals surface area (Å²) in [5, 5.41) is 0. The molecule has 0 fully saturated rings. The van der Waals surface area contributed by atoms with Crippen LogP contribution in [0.15, 0.2) is 30.3 Å². The van der Waals surface area contributed by atoms with Gasteiger partial charge in [-0.05, 0) is 0 Å². The molecule has 0 amide bonds. The minimum Gasteiger partial charge on any atom is -0.369 e. The average Bonchev–Trinajstić information content (AvgIpc) is 2.23. The van der Waals surface area contributed by atoms with E-state index in [1.807, 2.05) is 0 Å². The van der Waals surface area contributed by atoms with Crippen molar-refractivity contribution >= 4 is 12.7 Å². The normalized spacial score (nSPS) is 13.5. The fourth-order valence-electron chi connectivity index (χ4n) is 1.40. The van der Waals surface area contributed by atoms with Gasteiger partial charge in [0.2, 0.25) is 12.8 Å². The molecule has 0 heterocycles. The first kappa shape index (κ1) is 14.9. The second-order valence-corrected chi connectivity index (χ2v) is 3.49. The molecule has 0 atom stereocenters. The van der Waals surface area contributed by atoms with Crippen molar-refractivity contribution in [3.05, 3.63) is 30.3 Å². The predicted molar refractivity (Wildman–Crippen MR) is 53.7 cm³/mol. The summed E-state index contributed by atoms with van der Waals surface area (Å²) in [7, 11) is 0.396. The number of halogens is 6. The lowest BCUT2D eigenvalue weighted by molar-refractivity contribution is -0.339. The van der Waals surface area contributed by atoms with Gasteiger partial charge in [0, 0.05) is 7.11 Å². The van der Waals surface area contributed by atoms with Crippen molar-refractivity contribution in [3.63, 3.8) is 0 Å². The quantitative estimate of drug-likeness (QED) is 0.605. The number of ether oxygens (including phenoxy) is 1. The largest absolute Gasteiger partial charge is 0.418 e. The van der Waals surface area contributed by atoms with Gasteiger partial charge in [0.1, 0.15) is 0 Å². The Kier molecular flexibility index (Phi) is 4.00. The van der Waals surface area contributed by atoms with Gasteiger partial charge in [0.25, 0.3) is 0 Å². The number of alkyl halides is 6. The third kappa shape index (κ3) is 2.63. The Morgan fingerprint density at radius 2 is 1.33 bits per heavy atom. The zero-order chi connectivity index (χ0) is 14.0. The van der Waals surface area contributed by atoms with Gasteiger partial charge >= 0.3 is 12.4 Å². The maximum absolute atomic E-state index is 12.7. The van der Waals surface area contributed by atoms with Crippen molar-refractivity contribution in [1.29, 1.82) is 0 Å². The van der Waals surface area contributed by atoms with Crippen LogP contribution in [0.4, 0.5) is 26.3 Å². The van der Waals surface area contributed by atoms with E-state index in [2.05, 4.69) is 4.74 Å². The van der Waals surface area contributed by atoms with Crippen LogP contribution in [0, 0.1) is 0 Å². The van der Waals surface area contributed by atoms with Gasteiger partial charge in [0.05, 0.1) is 0 Å². The highest BCUT2D eigenvalue weighted by Gasteiger charge is 2.71. The lowest BCUT2D eigenvalue weighted by atomic mass is 9.54. The van der Waals surface area contributed by atoms with Crippen LogP contribution in [0.2, 0.25) is 0 Å². The zero-order valence-electron chi connectivity index (χ0n) is 9.14. The maximum atomic E-state index is 12.7.